The number of fused-ring (bicyclic) bond motifs is 1. The number of benzene rings is 3. The van der Waals surface area contributed by atoms with Gasteiger partial charge in [-0.3, -0.25) is 9.10 Å². The van der Waals surface area contributed by atoms with Crippen molar-refractivity contribution in [3.8, 4) is 0 Å². The summed E-state index contributed by atoms with van der Waals surface area (Å²) < 4.78 is 54.5. The maximum atomic E-state index is 13.6. The monoisotopic (exact) mass is 547 g/mol. The molecule has 0 bridgehead atoms. The van der Waals surface area contributed by atoms with Crippen LogP contribution in [0.2, 0.25) is 5.02 Å². The second kappa shape index (κ2) is 9.85. The van der Waals surface area contributed by atoms with E-state index in [0.717, 1.165) is 14.2 Å². The lowest BCUT2D eigenvalue weighted by atomic mass is 10.2. The summed E-state index contributed by atoms with van der Waals surface area (Å²) >= 11 is 5.94. The average molecular weight is 548 g/mol. The largest absolute Gasteiger partial charge is 0.310 e. The van der Waals surface area contributed by atoms with Gasteiger partial charge in [-0.05, 0) is 79.1 Å². The van der Waals surface area contributed by atoms with Crippen molar-refractivity contribution in [3.05, 3.63) is 82.9 Å². The van der Waals surface area contributed by atoms with Gasteiger partial charge in [-0.1, -0.05) is 23.7 Å². The van der Waals surface area contributed by atoms with Crippen molar-refractivity contribution in [3.63, 3.8) is 0 Å². The lowest BCUT2D eigenvalue weighted by Gasteiger charge is -2.27. The van der Waals surface area contributed by atoms with Gasteiger partial charge in [0, 0.05) is 31.4 Å². The molecule has 1 heterocycles. The number of nitrogens with zero attached hydrogens (tertiary/aromatic N) is 3. The zero-order chi connectivity index (χ0) is 26.3. The number of halogens is 1. The summed E-state index contributed by atoms with van der Waals surface area (Å²) in [6.45, 7) is 1.74. The van der Waals surface area contributed by atoms with Crippen molar-refractivity contribution in [2.75, 3.05) is 36.4 Å². The van der Waals surface area contributed by atoms with Gasteiger partial charge in [0.2, 0.25) is 15.9 Å². The molecule has 1 aliphatic heterocycles. The molecule has 1 aliphatic rings. The van der Waals surface area contributed by atoms with Crippen molar-refractivity contribution in [2.24, 2.45) is 0 Å². The molecule has 0 aliphatic carbocycles. The third kappa shape index (κ3) is 4.99. The average Bonchev–Trinajstić information content (AvgIpc) is 3.26. The highest BCUT2D eigenvalue weighted by Crippen LogP contribution is 2.32. The van der Waals surface area contributed by atoms with Crippen LogP contribution < -0.4 is 9.21 Å². The van der Waals surface area contributed by atoms with Gasteiger partial charge in [0.25, 0.3) is 10.0 Å². The highest BCUT2D eigenvalue weighted by Gasteiger charge is 2.32. The van der Waals surface area contributed by atoms with Crippen LogP contribution in [0.5, 0.6) is 0 Å². The van der Waals surface area contributed by atoms with Crippen LogP contribution >= 0.6 is 11.6 Å². The standard InChI is InChI=1S/C25H26ClN3O5S2/c1-18-5-4-6-21(15-18)29(36(33,34)22-9-7-20(26)8-10-22)17-25(30)28-14-13-19-16-23(11-12-24(19)28)35(31,32)27(2)3/h4-12,15-16H,13-14,17H2,1-3H3. The molecular weight excluding hydrogens is 522 g/mol. The number of hydrogen-bond donors (Lipinski definition) is 0. The van der Waals surface area contributed by atoms with Crippen LogP contribution in [-0.2, 0) is 31.3 Å². The maximum Gasteiger partial charge on any atom is 0.264 e. The first-order valence-corrected chi connectivity index (χ1v) is 14.4. The molecule has 36 heavy (non-hydrogen) atoms. The van der Waals surface area contributed by atoms with Crippen LogP contribution in [0.25, 0.3) is 0 Å². The minimum atomic E-state index is -4.08. The topological polar surface area (TPSA) is 95.1 Å². The minimum Gasteiger partial charge on any atom is -0.310 e. The molecule has 190 valence electrons. The number of carbonyl (C=O) groups is 1. The normalized spacial score (nSPS) is 13.6. The number of carbonyl (C=O) groups excluding carboxylic acids is 1. The van der Waals surface area contributed by atoms with E-state index in [2.05, 4.69) is 0 Å². The van der Waals surface area contributed by atoms with E-state index < -0.39 is 32.5 Å². The van der Waals surface area contributed by atoms with Gasteiger partial charge in [-0.2, -0.15) is 0 Å². The fourth-order valence-electron chi connectivity index (χ4n) is 4.05. The Morgan fingerprint density at radius 3 is 2.22 bits per heavy atom. The van der Waals surface area contributed by atoms with Crippen molar-refractivity contribution in [2.45, 2.75) is 23.1 Å². The summed E-state index contributed by atoms with van der Waals surface area (Å²) in [6, 6.07) is 17.3. The van der Waals surface area contributed by atoms with E-state index in [-0.39, 0.29) is 9.79 Å². The van der Waals surface area contributed by atoms with E-state index in [4.69, 9.17) is 11.6 Å². The number of aryl methyl sites for hydroxylation is 1. The lowest BCUT2D eigenvalue weighted by Crippen LogP contribution is -2.42. The number of sulfonamides is 2. The first kappa shape index (κ1) is 26.2. The molecule has 8 nitrogen and oxygen atoms in total. The fraction of sp³-hybridized carbons (Fsp3) is 0.240. The summed E-state index contributed by atoms with van der Waals surface area (Å²) in [7, 11) is -4.78. The van der Waals surface area contributed by atoms with Gasteiger partial charge < -0.3 is 4.90 Å². The maximum absolute atomic E-state index is 13.6. The molecule has 3 aromatic rings. The molecule has 0 N–H and O–H groups in total. The third-order valence-corrected chi connectivity index (χ3v) is 9.85. The summed E-state index contributed by atoms with van der Waals surface area (Å²) in [5, 5.41) is 0.399. The summed E-state index contributed by atoms with van der Waals surface area (Å²) in [4.78, 5) is 15.1. The Bertz CT molecular complexity index is 1520. The molecule has 0 saturated heterocycles. The van der Waals surface area contributed by atoms with Gasteiger partial charge in [-0.15, -0.1) is 0 Å². The van der Waals surface area contributed by atoms with Crippen molar-refractivity contribution >= 4 is 48.9 Å². The highest BCUT2D eigenvalue weighted by atomic mass is 35.5. The van der Waals surface area contributed by atoms with E-state index in [1.807, 2.05) is 13.0 Å². The van der Waals surface area contributed by atoms with Gasteiger partial charge in [-0.25, -0.2) is 21.1 Å². The number of anilines is 2. The Morgan fingerprint density at radius 1 is 0.917 bits per heavy atom. The van der Waals surface area contributed by atoms with Crippen LogP contribution in [0.1, 0.15) is 11.1 Å². The molecule has 4 rings (SSSR count). The molecule has 0 radical (unpaired) electrons. The van der Waals surface area contributed by atoms with Crippen molar-refractivity contribution in [1.82, 2.24) is 4.31 Å². The molecule has 0 unspecified atom stereocenters. The number of amides is 1. The van der Waals surface area contributed by atoms with Gasteiger partial charge in [0.05, 0.1) is 15.5 Å². The lowest BCUT2D eigenvalue weighted by molar-refractivity contribution is -0.117. The van der Waals surface area contributed by atoms with Crippen molar-refractivity contribution in [1.29, 1.82) is 0 Å². The molecule has 11 heteroatoms. The molecule has 1 amide bonds. The molecule has 0 fully saturated rings. The number of rotatable bonds is 7. The predicted molar refractivity (Wildman–Crippen MR) is 141 cm³/mol. The van der Waals surface area contributed by atoms with Crippen LogP contribution in [-0.4, -0.2) is 54.2 Å². The zero-order valence-electron chi connectivity index (χ0n) is 20.0. The Balaban J connectivity index is 1.68. The quantitative estimate of drug-likeness (QED) is 0.449. The minimum absolute atomic E-state index is 0.0153. The summed E-state index contributed by atoms with van der Waals surface area (Å²) in [5.74, 6) is -0.420. The van der Waals surface area contributed by atoms with E-state index in [1.165, 1.54) is 49.3 Å². The zero-order valence-corrected chi connectivity index (χ0v) is 22.4. The Morgan fingerprint density at radius 2 is 1.58 bits per heavy atom. The van der Waals surface area contributed by atoms with Gasteiger partial charge in [0.15, 0.2) is 0 Å². The Kier molecular flexibility index (Phi) is 7.16. The smallest absolute Gasteiger partial charge is 0.264 e. The molecule has 3 aromatic carbocycles. The predicted octanol–water partition coefficient (Wildman–Crippen LogP) is 3.68. The first-order chi connectivity index (χ1) is 16.9. The molecule has 0 aromatic heterocycles. The SMILES string of the molecule is Cc1cccc(N(CC(=O)N2CCc3cc(S(=O)(=O)N(C)C)ccc32)S(=O)(=O)c2ccc(Cl)cc2)c1. The van der Waals surface area contributed by atoms with Crippen molar-refractivity contribution < 1.29 is 21.6 Å². The van der Waals surface area contributed by atoms with E-state index in [0.29, 0.717) is 34.9 Å². The first-order valence-electron chi connectivity index (χ1n) is 11.1. The Hall–Kier alpha value is -2.92. The summed E-state index contributed by atoms with van der Waals surface area (Å²) in [6.07, 6.45) is 0.465. The number of hydrogen-bond acceptors (Lipinski definition) is 5. The summed E-state index contributed by atoms with van der Waals surface area (Å²) in [5.41, 5.74) is 2.50. The molecule has 0 spiro atoms. The molecule has 0 atom stereocenters. The van der Waals surface area contributed by atoms with Gasteiger partial charge >= 0.3 is 0 Å². The second-order valence-corrected chi connectivity index (χ2v) is 13.1. The van der Waals surface area contributed by atoms with Crippen LogP contribution in [0.3, 0.4) is 0 Å². The van der Waals surface area contributed by atoms with E-state index >= 15 is 0 Å². The molecule has 0 saturated carbocycles. The van der Waals surface area contributed by atoms with Crippen LogP contribution in [0.4, 0.5) is 11.4 Å². The van der Waals surface area contributed by atoms with E-state index in [1.54, 1.807) is 30.3 Å². The van der Waals surface area contributed by atoms with Gasteiger partial charge in [0.1, 0.15) is 6.54 Å². The fourth-order valence-corrected chi connectivity index (χ4v) is 6.53. The van der Waals surface area contributed by atoms with Crippen LogP contribution in [0, 0.1) is 6.92 Å². The van der Waals surface area contributed by atoms with E-state index in [9.17, 15) is 21.6 Å². The van der Waals surface area contributed by atoms with Crippen LogP contribution in [0.15, 0.2) is 76.5 Å². The second-order valence-electron chi connectivity index (χ2n) is 8.68. The molecular formula is C25H26ClN3O5S2. The highest BCUT2D eigenvalue weighted by molar-refractivity contribution is 7.92. The third-order valence-electron chi connectivity index (χ3n) is 6.00. The Labute approximate surface area is 216 Å².